The molecule has 1 aliphatic carbocycles. The highest BCUT2D eigenvalue weighted by molar-refractivity contribution is 6.02. The average molecular weight is 533 g/mol. The lowest BCUT2D eigenvalue weighted by Gasteiger charge is -2.38. The number of nitrogens with one attached hydrogen (secondary N) is 2. The van der Waals surface area contributed by atoms with E-state index in [0.29, 0.717) is 46.4 Å². The molecule has 0 saturated carbocycles. The molecule has 2 aromatic carbocycles. The van der Waals surface area contributed by atoms with E-state index in [9.17, 15) is 19.6 Å². The van der Waals surface area contributed by atoms with Crippen molar-refractivity contribution in [1.29, 1.82) is 0 Å². The van der Waals surface area contributed by atoms with Crippen LogP contribution in [-0.2, 0) is 11.2 Å². The Morgan fingerprint density at radius 1 is 1.10 bits per heavy atom. The van der Waals surface area contributed by atoms with Crippen LogP contribution in [0.3, 0.4) is 0 Å². The second-order valence-corrected chi connectivity index (χ2v) is 9.75. The Balaban J connectivity index is 1.38. The van der Waals surface area contributed by atoms with Crippen LogP contribution in [0, 0.1) is 0 Å². The summed E-state index contributed by atoms with van der Waals surface area (Å²) < 4.78 is 4.79. The first-order chi connectivity index (χ1) is 18.8. The molecule has 0 spiro atoms. The summed E-state index contributed by atoms with van der Waals surface area (Å²) in [6.45, 7) is 2.97. The van der Waals surface area contributed by atoms with Gasteiger partial charge in [-0.2, -0.15) is 10.2 Å². The molecule has 1 atom stereocenters. The van der Waals surface area contributed by atoms with E-state index in [4.69, 9.17) is 4.63 Å². The summed E-state index contributed by atoms with van der Waals surface area (Å²) in [5.74, 6) is -0.556. The summed E-state index contributed by atoms with van der Waals surface area (Å²) in [6.07, 6.45) is 0.931. The SMILES string of the molecule is CC1(C)C(N(O)C(=O)Nc2ccccc2)N(c2ccccc2)C(=O)N1CC(=O)N/N=C1/CCCc2nonc21. The van der Waals surface area contributed by atoms with Crippen molar-refractivity contribution in [2.75, 3.05) is 16.8 Å². The molecule has 0 radical (unpaired) electrons. The summed E-state index contributed by atoms with van der Waals surface area (Å²) in [6, 6.07) is 15.9. The normalized spacial score (nSPS) is 19.1. The van der Waals surface area contributed by atoms with Gasteiger partial charge in [0.2, 0.25) is 0 Å². The van der Waals surface area contributed by atoms with Crippen molar-refractivity contribution >= 4 is 35.1 Å². The fourth-order valence-corrected chi connectivity index (χ4v) is 4.82. The van der Waals surface area contributed by atoms with Crippen LogP contribution in [0.5, 0.6) is 0 Å². The molecule has 1 aliphatic heterocycles. The van der Waals surface area contributed by atoms with E-state index in [1.54, 1.807) is 74.5 Å². The van der Waals surface area contributed by atoms with Gasteiger partial charge in [0.15, 0.2) is 11.9 Å². The molecule has 1 aromatic heterocycles. The smallest absolute Gasteiger partial charge is 0.306 e. The van der Waals surface area contributed by atoms with Gasteiger partial charge in [-0.25, -0.2) is 19.6 Å². The molecule has 3 N–H and O–H groups in total. The molecule has 1 unspecified atom stereocenters. The fraction of sp³-hybridized carbons (Fsp3) is 0.308. The van der Waals surface area contributed by atoms with Gasteiger partial charge in [-0.15, -0.1) is 0 Å². The largest absolute Gasteiger partial charge is 0.347 e. The van der Waals surface area contributed by atoms with Crippen molar-refractivity contribution in [3.63, 3.8) is 0 Å². The van der Waals surface area contributed by atoms with Gasteiger partial charge in [-0.1, -0.05) is 41.6 Å². The third-order valence-corrected chi connectivity index (χ3v) is 6.78. The molecule has 1 fully saturated rings. The van der Waals surface area contributed by atoms with Crippen LogP contribution < -0.4 is 15.6 Å². The zero-order valence-electron chi connectivity index (χ0n) is 21.4. The Labute approximate surface area is 224 Å². The number of hydroxylamine groups is 2. The molecule has 5 rings (SSSR count). The second-order valence-electron chi connectivity index (χ2n) is 9.75. The molecule has 2 heterocycles. The predicted octanol–water partition coefficient (Wildman–Crippen LogP) is 3.20. The number of aryl methyl sites for hydroxylation is 1. The van der Waals surface area contributed by atoms with Crippen LogP contribution in [0.2, 0.25) is 0 Å². The summed E-state index contributed by atoms with van der Waals surface area (Å²) in [5, 5.41) is 26.1. The van der Waals surface area contributed by atoms with Gasteiger partial charge in [0.05, 0.1) is 11.3 Å². The molecule has 0 bridgehead atoms. The number of hydrogen-bond acceptors (Lipinski definition) is 8. The molecule has 13 heteroatoms. The minimum atomic E-state index is -1.20. The molecule has 5 amide bonds. The Bertz CT molecular complexity index is 1390. The Hall–Kier alpha value is -4.78. The number of nitrogens with zero attached hydrogens (tertiary/aromatic N) is 6. The van der Waals surface area contributed by atoms with E-state index in [1.165, 1.54) is 9.80 Å². The van der Waals surface area contributed by atoms with E-state index in [2.05, 4.69) is 26.2 Å². The van der Waals surface area contributed by atoms with E-state index < -0.39 is 29.7 Å². The van der Waals surface area contributed by atoms with Gasteiger partial charge < -0.3 is 10.2 Å². The maximum Gasteiger partial charge on any atom is 0.347 e. The highest BCUT2D eigenvalue weighted by Gasteiger charge is 2.56. The van der Waals surface area contributed by atoms with Crippen LogP contribution in [0.1, 0.15) is 38.1 Å². The van der Waals surface area contributed by atoms with Crippen molar-refractivity contribution in [3.8, 4) is 0 Å². The molecule has 2 aliphatic rings. The van der Waals surface area contributed by atoms with Gasteiger partial charge in [0, 0.05) is 11.4 Å². The third-order valence-electron chi connectivity index (χ3n) is 6.78. The first-order valence-corrected chi connectivity index (χ1v) is 12.4. The zero-order chi connectivity index (χ0) is 27.6. The van der Waals surface area contributed by atoms with E-state index in [-0.39, 0.29) is 6.54 Å². The quantitative estimate of drug-likeness (QED) is 0.325. The number of anilines is 2. The van der Waals surface area contributed by atoms with E-state index in [0.717, 1.165) is 6.42 Å². The number of urea groups is 2. The van der Waals surface area contributed by atoms with Gasteiger partial charge in [0.1, 0.15) is 12.2 Å². The maximum atomic E-state index is 13.7. The van der Waals surface area contributed by atoms with Crippen LogP contribution in [0.15, 0.2) is 70.4 Å². The summed E-state index contributed by atoms with van der Waals surface area (Å²) in [7, 11) is 0. The van der Waals surface area contributed by atoms with Gasteiger partial charge >= 0.3 is 12.1 Å². The first kappa shape index (κ1) is 25.9. The predicted molar refractivity (Wildman–Crippen MR) is 140 cm³/mol. The second kappa shape index (κ2) is 10.5. The maximum absolute atomic E-state index is 13.7. The molecule has 3 aromatic rings. The van der Waals surface area contributed by atoms with Crippen LogP contribution in [0.25, 0.3) is 0 Å². The van der Waals surface area contributed by atoms with E-state index in [1.807, 2.05) is 0 Å². The number of rotatable bonds is 6. The number of carbonyl (C=O) groups is 3. The number of hydrogen-bond donors (Lipinski definition) is 3. The van der Waals surface area contributed by atoms with Crippen LogP contribution in [-0.4, -0.2) is 67.4 Å². The number of hydrazone groups is 1. The molecule has 39 heavy (non-hydrogen) atoms. The Morgan fingerprint density at radius 3 is 2.51 bits per heavy atom. The molecule has 202 valence electrons. The highest BCUT2D eigenvalue weighted by atomic mass is 16.6. The van der Waals surface area contributed by atoms with E-state index >= 15 is 0 Å². The minimum absolute atomic E-state index is 0.374. The van der Waals surface area contributed by atoms with Gasteiger partial charge in [0.25, 0.3) is 5.91 Å². The molecule has 1 saturated heterocycles. The summed E-state index contributed by atoms with van der Waals surface area (Å²) in [5.41, 5.74) is 3.95. The lowest BCUT2D eigenvalue weighted by atomic mass is 9.99. The van der Waals surface area contributed by atoms with Gasteiger partial charge in [-0.05, 0) is 62.5 Å². The third kappa shape index (κ3) is 5.03. The Kier molecular flexibility index (Phi) is 6.98. The van der Waals surface area contributed by atoms with Crippen molar-refractivity contribution in [3.05, 3.63) is 72.1 Å². The minimum Gasteiger partial charge on any atom is -0.306 e. The van der Waals surface area contributed by atoms with Crippen LogP contribution >= 0.6 is 0 Å². The monoisotopic (exact) mass is 532 g/mol. The number of benzene rings is 2. The Morgan fingerprint density at radius 2 is 1.79 bits per heavy atom. The fourth-order valence-electron chi connectivity index (χ4n) is 4.82. The summed E-state index contributed by atoms with van der Waals surface area (Å²) in [4.78, 5) is 42.3. The molecule has 13 nitrogen and oxygen atoms in total. The van der Waals surface area contributed by atoms with Gasteiger partial charge in [-0.3, -0.25) is 14.9 Å². The molecular formula is C26H28N8O5. The highest BCUT2D eigenvalue weighted by Crippen LogP contribution is 2.37. The lowest BCUT2D eigenvalue weighted by Crippen LogP contribution is -2.58. The van der Waals surface area contributed by atoms with Crippen molar-refractivity contribution in [2.24, 2.45) is 5.10 Å². The number of para-hydroxylation sites is 2. The van der Waals surface area contributed by atoms with Crippen molar-refractivity contribution in [2.45, 2.75) is 44.8 Å². The lowest BCUT2D eigenvalue weighted by molar-refractivity contribution is -0.124. The number of fused-ring (bicyclic) bond motifs is 1. The first-order valence-electron chi connectivity index (χ1n) is 12.4. The topological polar surface area (TPSA) is 156 Å². The van der Waals surface area contributed by atoms with Crippen LogP contribution in [0.4, 0.5) is 21.0 Å². The van der Waals surface area contributed by atoms with Crippen molar-refractivity contribution < 1.29 is 24.2 Å². The molecular weight excluding hydrogens is 504 g/mol. The zero-order valence-corrected chi connectivity index (χ0v) is 21.4. The number of aromatic nitrogens is 2. The summed E-state index contributed by atoms with van der Waals surface area (Å²) >= 11 is 0. The number of amides is 5. The standard InChI is InChI=1S/C26H28N8O5/c1-26(2)23(34(38)24(36)27-17-10-5-3-6-11-17)33(18-12-7-4-8-13-18)25(37)32(26)16-21(35)29-28-19-14-9-15-20-22(19)31-39-30-20/h3-8,10-13,23,38H,9,14-16H2,1-2H3,(H,27,36)(H,29,35)/b28-19-. The van der Waals surface area contributed by atoms with Crippen molar-refractivity contribution in [1.82, 2.24) is 25.7 Å². The number of carbonyl (C=O) groups excluding carboxylic acids is 3. The average Bonchev–Trinajstić information content (AvgIpc) is 3.49.